The number of carbonyl (C=O) groups is 1. The number of allylic oxidation sites excluding steroid dienone is 1. The number of pyridine rings is 1. The van der Waals surface area contributed by atoms with Crippen LogP contribution in [0, 0.1) is 6.92 Å². The molecule has 1 atom stereocenters. The van der Waals surface area contributed by atoms with Crippen LogP contribution < -0.4 is 0 Å². The number of aryl methyl sites for hydroxylation is 1. The third kappa shape index (κ3) is 5.91. The van der Waals surface area contributed by atoms with E-state index in [1.165, 1.54) is 12.1 Å². The molecule has 0 bridgehead atoms. The molecule has 1 aromatic heterocycles. The summed E-state index contributed by atoms with van der Waals surface area (Å²) in [6, 6.07) is 10.8. The number of hydrogen-bond acceptors (Lipinski definition) is 2. The molecule has 0 N–H and O–H groups in total. The number of hydrogen-bond donors (Lipinski definition) is 0. The Morgan fingerprint density at radius 1 is 1.03 bits per heavy atom. The van der Waals surface area contributed by atoms with Crippen molar-refractivity contribution in [3.05, 3.63) is 103 Å². The number of Topliss-reactive ketones (excluding diaryl/α,β-unsaturated/α-hetero) is 1. The van der Waals surface area contributed by atoms with Gasteiger partial charge < -0.3 is 0 Å². The van der Waals surface area contributed by atoms with Crippen molar-refractivity contribution in [2.45, 2.75) is 43.7 Å². The van der Waals surface area contributed by atoms with Crippen molar-refractivity contribution in [3.8, 4) is 0 Å². The topological polar surface area (TPSA) is 30.0 Å². The Morgan fingerprint density at radius 3 is 2.22 bits per heavy atom. The lowest BCUT2D eigenvalue weighted by Crippen LogP contribution is -2.19. The molecule has 36 heavy (non-hydrogen) atoms. The molecule has 188 valence electrons. The predicted molar refractivity (Wildman–Crippen MR) is 140 cm³/mol. The number of carbonyl (C=O) groups excluding carboxylic acids is 1. The van der Waals surface area contributed by atoms with Gasteiger partial charge in [-0.1, -0.05) is 70.7 Å². The normalized spacial score (nSPS) is 15.8. The summed E-state index contributed by atoms with van der Waals surface area (Å²) in [6.07, 6.45) is 1.57. The van der Waals surface area contributed by atoms with E-state index in [4.69, 9.17) is 46.4 Å². The molecule has 0 aliphatic heterocycles. The quantitative estimate of drug-likeness (QED) is 0.208. The van der Waals surface area contributed by atoms with Crippen LogP contribution in [0.3, 0.4) is 0 Å². The van der Waals surface area contributed by atoms with Crippen LogP contribution in [0.25, 0.3) is 6.08 Å². The van der Waals surface area contributed by atoms with Crippen molar-refractivity contribution in [2.24, 2.45) is 0 Å². The minimum atomic E-state index is -4.60. The molecule has 3 aromatic rings. The van der Waals surface area contributed by atoms with Crippen molar-refractivity contribution >= 4 is 58.3 Å². The standard InChI is InChI=1S/C27H20Cl4F3NO/c1-15-2-5-18(14-35-15)26(8-9-26)13-24(36)19-6-3-16(10-21(19)28)4-7-20(27(32,33)34)17-11-22(29)25(31)23(30)12-17/h2-7,10-12,14,20H,8-9,13H2,1H3/b7-4+. The summed E-state index contributed by atoms with van der Waals surface area (Å²) < 4.78 is 41.4. The fourth-order valence-electron chi connectivity index (χ4n) is 4.13. The van der Waals surface area contributed by atoms with E-state index in [-0.39, 0.29) is 36.9 Å². The zero-order valence-electron chi connectivity index (χ0n) is 19.0. The first-order valence-electron chi connectivity index (χ1n) is 11.0. The molecule has 1 heterocycles. The molecular formula is C27H20Cl4F3NO. The number of rotatable bonds is 7. The van der Waals surface area contributed by atoms with Crippen LogP contribution in [-0.4, -0.2) is 16.9 Å². The second-order valence-corrected chi connectivity index (χ2v) is 10.6. The van der Waals surface area contributed by atoms with Gasteiger partial charge in [0.25, 0.3) is 0 Å². The molecule has 2 nitrogen and oxygen atoms in total. The summed E-state index contributed by atoms with van der Waals surface area (Å²) in [4.78, 5) is 17.4. The molecule has 1 aliphatic carbocycles. The summed E-state index contributed by atoms with van der Waals surface area (Å²) in [7, 11) is 0. The van der Waals surface area contributed by atoms with Gasteiger partial charge in [-0.25, -0.2) is 0 Å². The number of nitrogens with zero attached hydrogens (tertiary/aromatic N) is 1. The highest BCUT2D eigenvalue weighted by Gasteiger charge is 2.46. The Kier molecular flexibility index (Phi) is 7.78. The second-order valence-electron chi connectivity index (χ2n) is 8.98. The Bertz CT molecular complexity index is 1310. The average molecular weight is 573 g/mol. The zero-order valence-corrected chi connectivity index (χ0v) is 22.0. The Morgan fingerprint density at radius 2 is 1.69 bits per heavy atom. The highest BCUT2D eigenvalue weighted by molar-refractivity contribution is 6.48. The van der Waals surface area contributed by atoms with Crippen LogP contribution in [0.5, 0.6) is 0 Å². The van der Waals surface area contributed by atoms with E-state index >= 15 is 0 Å². The summed E-state index contributed by atoms with van der Waals surface area (Å²) in [6.45, 7) is 1.90. The maximum Gasteiger partial charge on any atom is 0.399 e. The van der Waals surface area contributed by atoms with Crippen LogP contribution in [-0.2, 0) is 5.41 Å². The van der Waals surface area contributed by atoms with Gasteiger partial charge in [-0.15, -0.1) is 0 Å². The maximum absolute atomic E-state index is 13.8. The SMILES string of the molecule is Cc1ccc(C2(CC(=O)c3ccc(/C=C/C(c4cc(Cl)c(Cl)c(Cl)c4)C(F)(F)F)cc3Cl)CC2)cn1. The molecule has 0 spiro atoms. The second kappa shape index (κ2) is 10.4. The molecule has 1 fully saturated rings. The minimum Gasteiger partial charge on any atom is -0.294 e. The number of alkyl halides is 3. The van der Waals surface area contributed by atoms with Gasteiger partial charge in [-0.3, -0.25) is 9.78 Å². The van der Waals surface area contributed by atoms with Crippen molar-refractivity contribution < 1.29 is 18.0 Å². The van der Waals surface area contributed by atoms with Crippen LogP contribution in [0.4, 0.5) is 13.2 Å². The number of ketones is 1. The fraction of sp³-hybridized carbons (Fsp3) is 0.259. The Balaban J connectivity index is 1.54. The Hall–Kier alpha value is -2.05. The van der Waals surface area contributed by atoms with E-state index in [0.29, 0.717) is 17.5 Å². The molecule has 0 amide bonds. The smallest absolute Gasteiger partial charge is 0.294 e. The molecule has 0 radical (unpaired) electrons. The van der Waals surface area contributed by atoms with Gasteiger partial charge in [0.15, 0.2) is 5.78 Å². The molecule has 2 aromatic carbocycles. The van der Waals surface area contributed by atoms with Gasteiger partial charge in [-0.05, 0) is 66.8 Å². The van der Waals surface area contributed by atoms with Gasteiger partial charge >= 0.3 is 6.18 Å². The third-order valence-corrected chi connectivity index (χ3v) is 7.88. The molecule has 1 aliphatic rings. The first-order chi connectivity index (χ1) is 16.9. The molecule has 1 saturated carbocycles. The van der Waals surface area contributed by atoms with Crippen LogP contribution in [0.2, 0.25) is 20.1 Å². The highest BCUT2D eigenvalue weighted by Crippen LogP contribution is 2.51. The number of aromatic nitrogens is 1. The zero-order chi connectivity index (χ0) is 26.3. The monoisotopic (exact) mass is 571 g/mol. The van der Waals surface area contributed by atoms with E-state index in [0.717, 1.165) is 42.3 Å². The predicted octanol–water partition coefficient (Wildman–Crippen LogP) is 9.67. The van der Waals surface area contributed by atoms with E-state index in [1.54, 1.807) is 12.1 Å². The Labute approximate surface area is 227 Å². The summed E-state index contributed by atoms with van der Waals surface area (Å²) in [5.41, 5.74) is 2.31. The van der Waals surface area contributed by atoms with E-state index in [9.17, 15) is 18.0 Å². The molecule has 9 heteroatoms. The van der Waals surface area contributed by atoms with Crippen molar-refractivity contribution in [1.82, 2.24) is 4.98 Å². The molecule has 4 rings (SSSR count). The first kappa shape index (κ1) is 27.0. The third-order valence-electron chi connectivity index (χ3n) is 6.37. The average Bonchev–Trinajstić information content (AvgIpc) is 3.57. The van der Waals surface area contributed by atoms with Crippen LogP contribution in [0.1, 0.15) is 57.9 Å². The van der Waals surface area contributed by atoms with Gasteiger partial charge in [0.1, 0.15) is 0 Å². The van der Waals surface area contributed by atoms with Crippen LogP contribution in [0.15, 0.2) is 54.7 Å². The van der Waals surface area contributed by atoms with Crippen molar-refractivity contribution in [3.63, 3.8) is 0 Å². The molecular weight excluding hydrogens is 553 g/mol. The fourth-order valence-corrected chi connectivity index (χ4v) is 5.04. The van der Waals surface area contributed by atoms with E-state index in [2.05, 4.69) is 4.98 Å². The van der Waals surface area contributed by atoms with Gasteiger partial charge in [-0.2, -0.15) is 13.2 Å². The number of benzene rings is 2. The van der Waals surface area contributed by atoms with Crippen LogP contribution >= 0.6 is 46.4 Å². The van der Waals surface area contributed by atoms with Crippen molar-refractivity contribution in [2.75, 3.05) is 0 Å². The lowest BCUT2D eigenvalue weighted by Gasteiger charge is -2.18. The molecule has 0 saturated heterocycles. The first-order valence-corrected chi connectivity index (χ1v) is 12.6. The molecule has 1 unspecified atom stereocenters. The largest absolute Gasteiger partial charge is 0.399 e. The number of halogens is 7. The summed E-state index contributed by atoms with van der Waals surface area (Å²) >= 11 is 24.1. The van der Waals surface area contributed by atoms with Crippen molar-refractivity contribution in [1.29, 1.82) is 0 Å². The van der Waals surface area contributed by atoms with Gasteiger partial charge in [0.2, 0.25) is 0 Å². The van der Waals surface area contributed by atoms with E-state index in [1.807, 2.05) is 25.3 Å². The van der Waals surface area contributed by atoms with Gasteiger partial charge in [0.05, 0.1) is 26.0 Å². The minimum absolute atomic E-state index is 0.00866. The lowest BCUT2D eigenvalue weighted by molar-refractivity contribution is -0.139. The maximum atomic E-state index is 13.8. The van der Waals surface area contributed by atoms with E-state index < -0.39 is 12.1 Å². The highest BCUT2D eigenvalue weighted by atomic mass is 35.5. The summed E-state index contributed by atoms with van der Waals surface area (Å²) in [5, 5.41) is 0.0388. The van der Waals surface area contributed by atoms with Gasteiger partial charge in [0, 0.05) is 29.3 Å². The summed E-state index contributed by atoms with van der Waals surface area (Å²) in [5.74, 6) is -2.09. The lowest BCUT2D eigenvalue weighted by atomic mass is 9.89.